The molecule has 1 aliphatic carbocycles. The van der Waals surface area contributed by atoms with Gasteiger partial charge in [0.25, 0.3) is 0 Å². The zero-order valence-corrected chi connectivity index (χ0v) is 14.9. The summed E-state index contributed by atoms with van der Waals surface area (Å²) in [5, 5.41) is 17.5. The molecule has 134 valence electrons. The van der Waals surface area contributed by atoms with Gasteiger partial charge in [-0.3, -0.25) is 4.79 Å². The molecule has 0 spiro atoms. The lowest BCUT2D eigenvalue weighted by Gasteiger charge is -2.22. The van der Waals surface area contributed by atoms with Gasteiger partial charge in [0.05, 0.1) is 12.1 Å². The molecule has 2 bridgehead atoms. The SMILES string of the molecule is CCCCCCC=C[C@H]1C2CC(N=N2)[C@@H]1CC=CCCCC(=O)O. The van der Waals surface area contributed by atoms with Crippen molar-refractivity contribution in [2.45, 2.75) is 83.2 Å². The summed E-state index contributed by atoms with van der Waals surface area (Å²) in [6, 6.07) is 0.792. The van der Waals surface area contributed by atoms with Crippen LogP contribution in [0.15, 0.2) is 34.5 Å². The van der Waals surface area contributed by atoms with Gasteiger partial charge in [0.15, 0.2) is 0 Å². The zero-order valence-electron chi connectivity index (χ0n) is 14.9. The number of unbranched alkanes of at least 4 members (excludes halogenated alkanes) is 5. The van der Waals surface area contributed by atoms with E-state index in [9.17, 15) is 4.79 Å². The molecule has 0 amide bonds. The molecule has 1 heterocycles. The standard InChI is InChI=1S/C20H32N2O2/c1-2-3-4-5-6-9-12-16-17(19-15-18(16)21-22-19)13-10-7-8-11-14-20(23)24/h7,9-10,12,16-19H,2-6,8,11,13-15H2,1H3,(H,23,24)/t16-,17-,18?,19?/m1/s1. The van der Waals surface area contributed by atoms with Gasteiger partial charge in [-0.15, -0.1) is 0 Å². The van der Waals surface area contributed by atoms with Gasteiger partial charge in [-0.25, -0.2) is 0 Å². The lowest BCUT2D eigenvalue weighted by atomic mass is 9.87. The highest BCUT2D eigenvalue weighted by Crippen LogP contribution is 2.44. The molecule has 4 atom stereocenters. The molecule has 1 aliphatic heterocycles. The molecule has 0 saturated heterocycles. The summed E-state index contributed by atoms with van der Waals surface area (Å²) >= 11 is 0. The summed E-state index contributed by atoms with van der Waals surface area (Å²) in [4.78, 5) is 10.5. The highest BCUT2D eigenvalue weighted by Gasteiger charge is 2.45. The fraction of sp³-hybridized carbons (Fsp3) is 0.750. The summed E-state index contributed by atoms with van der Waals surface area (Å²) in [5.41, 5.74) is 0. The van der Waals surface area contributed by atoms with E-state index in [4.69, 9.17) is 5.11 Å². The topological polar surface area (TPSA) is 62.0 Å². The fourth-order valence-corrected chi connectivity index (χ4v) is 3.82. The molecule has 4 heteroatoms. The van der Waals surface area contributed by atoms with Crippen LogP contribution in [0.25, 0.3) is 0 Å². The molecule has 1 fully saturated rings. The first-order valence-corrected chi connectivity index (χ1v) is 9.65. The van der Waals surface area contributed by atoms with E-state index in [0.29, 0.717) is 23.9 Å². The van der Waals surface area contributed by atoms with Crippen molar-refractivity contribution >= 4 is 5.97 Å². The van der Waals surface area contributed by atoms with E-state index in [1.807, 2.05) is 0 Å². The minimum atomic E-state index is -0.707. The predicted octanol–water partition coefficient (Wildman–Crippen LogP) is 5.55. The lowest BCUT2D eigenvalue weighted by molar-refractivity contribution is -0.137. The van der Waals surface area contributed by atoms with E-state index in [1.165, 1.54) is 32.1 Å². The van der Waals surface area contributed by atoms with Gasteiger partial charge in [-0.1, -0.05) is 50.5 Å². The van der Waals surface area contributed by atoms with E-state index in [-0.39, 0.29) is 6.42 Å². The number of carboxylic acid groups (broad SMARTS) is 1. The van der Waals surface area contributed by atoms with Crippen molar-refractivity contribution in [2.75, 3.05) is 0 Å². The van der Waals surface area contributed by atoms with Crippen molar-refractivity contribution < 1.29 is 9.90 Å². The smallest absolute Gasteiger partial charge is 0.303 e. The fourth-order valence-electron chi connectivity index (χ4n) is 3.82. The molecule has 1 N–H and O–H groups in total. The third-order valence-corrected chi connectivity index (χ3v) is 5.20. The van der Waals surface area contributed by atoms with Crippen LogP contribution in [-0.4, -0.2) is 23.2 Å². The van der Waals surface area contributed by atoms with Gasteiger partial charge in [-0.05, 0) is 44.4 Å². The number of allylic oxidation sites excluding steroid dienone is 3. The summed E-state index contributed by atoms with van der Waals surface area (Å²) in [6.07, 6.45) is 19.6. The summed E-state index contributed by atoms with van der Waals surface area (Å²) < 4.78 is 0. The number of nitrogens with zero attached hydrogens (tertiary/aromatic N) is 2. The second-order valence-corrected chi connectivity index (χ2v) is 7.11. The summed E-state index contributed by atoms with van der Waals surface area (Å²) in [5.74, 6) is 0.415. The van der Waals surface area contributed by atoms with E-state index >= 15 is 0 Å². The minimum absolute atomic E-state index is 0.260. The number of carboxylic acids is 1. The van der Waals surface area contributed by atoms with Crippen molar-refractivity contribution in [2.24, 2.45) is 22.1 Å². The van der Waals surface area contributed by atoms with E-state index in [0.717, 1.165) is 25.7 Å². The molecular formula is C20H32N2O2. The Balaban J connectivity index is 1.73. The highest BCUT2D eigenvalue weighted by molar-refractivity contribution is 5.66. The summed E-state index contributed by atoms with van der Waals surface area (Å²) in [7, 11) is 0. The monoisotopic (exact) mass is 332 g/mol. The quantitative estimate of drug-likeness (QED) is 0.376. The van der Waals surface area contributed by atoms with Crippen LogP contribution in [0.2, 0.25) is 0 Å². The van der Waals surface area contributed by atoms with Gasteiger partial charge in [0.1, 0.15) is 0 Å². The number of carbonyl (C=O) groups is 1. The van der Waals surface area contributed by atoms with E-state index in [1.54, 1.807) is 0 Å². The van der Waals surface area contributed by atoms with Crippen LogP contribution in [0, 0.1) is 11.8 Å². The number of rotatable bonds is 12. The largest absolute Gasteiger partial charge is 0.481 e. The maximum atomic E-state index is 10.5. The average molecular weight is 332 g/mol. The molecule has 0 aromatic carbocycles. The van der Waals surface area contributed by atoms with Gasteiger partial charge < -0.3 is 5.11 Å². The maximum Gasteiger partial charge on any atom is 0.303 e. The van der Waals surface area contributed by atoms with Crippen LogP contribution in [-0.2, 0) is 4.79 Å². The normalized spacial score (nSPS) is 28.5. The van der Waals surface area contributed by atoms with E-state index < -0.39 is 5.97 Å². The maximum absolute atomic E-state index is 10.5. The van der Waals surface area contributed by atoms with Gasteiger partial charge in [0.2, 0.25) is 0 Å². The molecule has 0 radical (unpaired) electrons. The molecule has 2 unspecified atom stereocenters. The van der Waals surface area contributed by atoms with Crippen molar-refractivity contribution in [3.8, 4) is 0 Å². The number of azo groups is 1. The van der Waals surface area contributed by atoms with Gasteiger partial charge >= 0.3 is 5.97 Å². The second kappa shape index (κ2) is 10.4. The zero-order chi connectivity index (χ0) is 17.2. The molecule has 1 saturated carbocycles. The van der Waals surface area contributed by atoms with Crippen molar-refractivity contribution in [3.63, 3.8) is 0 Å². The number of fused-ring (bicyclic) bond motifs is 2. The summed E-state index contributed by atoms with van der Waals surface area (Å²) in [6.45, 7) is 2.25. The first-order valence-electron chi connectivity index (χ1n) is 9.65. The Morgan fingerprint density at radius 2 is 1.83 bits per heavy atom. The molecule has 2 aliphatic rings. The Morgan fingerprint density at radius 3 is 2.62 bits per heavy atom. The molecular weight excluding hydrogens is 300 g/mol. The van der Waals surface area contributed by atoms with Crippen molar-refractivity contribution in [1.82, 2.24) is 0 Å². The molecule has 24 heavy (non-hydrogen) atoms. The first-order chi connectivity index (χ1) is 11.7. The number of hydrogen-bond acceptors (Lipinski definition) is 3. The van der Waals surface area contributed by atoms with Gasteiger partial charge in [-0.2, -0.15) is 10.2 Å². The van der Waals surface area contributed by atoms with Crippen LogP contribution in [0.5, 0.6) is 0 Å². The van der Waals surface area contributed by atoms with Crippen LogP contribution < -0.4 is 0 Å². The third-order valence-electron chi connectivity index (χ3n) is 5.20. The molecule has 4 nitrogen and oxygen atoms in total. The van der Waals surface area contributed by atoms with Gasteiger partial charge in [0, 0.05) is 12.3 Å². The lowest BCUT2D eigenvalue weighted by Crippen LogP contribution is -2.21. The Morgan fingerprint density at radius 1 is 1.04 bits per heavy atom. The molecule has 0 aromatic heterocycles. The predicted molar refractivity (Wildman–Crippen MR) is 97.2 cm³/mol. The number of aliphatic carboxylic acids is 1. The van der Waals surface area contributed by atoms with Crippen LogP contribution in [0.4, 0.5) is 0 Å². The Bertz CT molecular complexity index is 470. The Hall–Kier alpha value is -1.45. The van der Waals surface area contributed by atoms with Crippen molar-refractivity contribution in [3.05, 3.63) is 24.3 Å². The average Bonchev–Trinajstić information content (AvgIpc) is 3.15. The van der Waals surface area contributed by atoms with E-state index in [2.05, 4.69) is 41.5 Å². The van der Waals surface area contributed by atoms with Crippen LogP contribution in [0.3, 0.4) is 0 Å². The first kappa shape index (κ1) is 18.9. The van der Waals surface area contributed by atoms with Crippen LogP contribution >= 0.6 is 0 Å². The third kappa shape index (κ3) is 5.88. The van der Waals surface area contributed by atoms with Crippen molar-refractivity contribution in [1.29, 1.82) is 0 Å². The second-order valence-electron chi connectivity index (χ2n) is 7.11. The Kier molecular flexibility index (Phi) is 8.20. The Labute approximate surface area is 146 Å². The number of hydrogen-bond donors (Lipinski definition) is 1. The molecule has 0 aromatic rings. The van der Waals surface area contributed by atoms with Crippen LogP contribution in [0.1, 0.15) is 71.1 Å². The minimum Gasteiger partial charge on any atom is -0.481 e. The molecule has 2 rings (SSSR count). The highest BCUT2D eigenvalue weighted by atomic mass is 16.4.